The number of nitrogens with one attached hydrogen (secondary N) is 1. The first kappa shape index (κ1) is 20.0. The first-order chi connectivity index (χ1) is 13.4. The van der Waals surface area contributed by atoms with Gasteiger partial charge in [0.25, 0.3) is 11.8 Å². The summed E-state index contributed by atoms with van der Waals surface area (Å²) in [4.78, 5) is 40.1. The van der Waals surface area contributed by atoms with Crippen molar-refractivity contribution in [2.45, 2.75) is 12.5 Å². The first-order valence-electron chi connectivity index (χ1n) is 9.03. The number of likely N-dealkylation sites (N-methyl/N-ethyl adjacent to an activating group) is 1. The van der Waals surface area contributed by atoms with E-state index < -0.39 is 0 Å². The number of amides is 3. The maximum Gasteiger partial charge on any atom is 0.261 e. The monoisotopic (exact) mass is 399 g/mol. The summed E-state index contributed by atoms with van der Waals surface area (Å²) in [5.74, 6) is -0.929. The molecule has 7 heteroatoms. The molecule has 0 aromatic heterocycles. The summed E-state index contributed by atoms with van der Waals surface area (Å²) in [6, 6.07) is 14.1. The van der Waals surface area contributed by atoms with E-state index in [0.29, 0.717) is 22.7 Å². The van der Waals surface area contributed by atoms with Crippen molar-refractivity contribution in [1.29, 1.82) is 0 Å². The Hall–Kier alpha value is -2.70. The van der Waals surface area contributed by atoms with Crippen molar-refractivity contribution < 1.29 is 14.4 Å². The number of fused-ring (bicyclic) bond motifs is 1. The number of halogens is 1. The van der Waals surface area contributed by atoms with Crippen LogP contribution in [0.5, 0.6) is 0 Å². The van der Waals surface area contributed by atoms with Crippen LogP contribution in [0.25, 0.3) is 0 Å². The molecule has 1 aliphatic rings. The quantitative estimate of drug-likeness (QED) is 0.727. The fourth-order valence-electron chi connectivity index (χ4n) is 3.27. The number of nitrogens with zero attached hydrogens (tertiary/aromatic N) is 2. The SMILES string of the molecule is CN(C)C(CNC(=O)CCN1C(=O)c2ccccc2C1=O)c1ccccc1Cl. The van der Waals surface area contributed by atoms with E-state index in [4.69, 9.17) is 11.6 Å². The van der Waals surface area contributed by atoms with E-state index in [1.54, 1.807) is 24.3 Å². The molecule has 6 nitrogen and oxygen atoms in total. The number of hydrogen-bond acceptors (Lipinski definition) is 4. The highest BCUT2D eigenvalue weighted by Gasteiger charge is 2.35. The maximum atomic E-state index is 12.3. The van der Waals surface area contributed by atoms with Crippen molar-refractivity contribution in [3.8, 4) is 0 Å². The van der Waals surface area contributed by atoms with Gasteiger partial charge in [-0.2, -0.15) is 0 Å². The molecule has 1 atom stereocenters. The predicted molar refractivity (Wildman–Crippen MR) is 107 cm³/mol. The molecule has 0 aliphatic carbocycles. The minimum absolute atomic E-state index is 0.0497. The molecule has 0 radical (unpaired) electrons. The zero-order chi connectivity index (χ0) is 20.3. The van der Waals surface area contributed by atoms with Gasteiger partial charge in [-0.25, -0.2) is 0 Å². The standard InChI is InChI=1S/C21H22ClN3O3/c1-24(2)18(16-9-5-6-10-17(16)22)13-23-19(26)11-12-25-20(27)14-7-3-4-8-15(14)21(25)28/h3-10,18H,11-13H2,1-2H3,(H,23,26). The van der Waals surface area contributed by atoms with Crippen LogP contribution in [0.3, 0.4) is 0 Å². The van der Waals surface area contributed by atoms with Crippen molar-refractivity contribution in [2.75, 3.05) is 27.2 Å². The fraction of sp³-hybridized carbons (Fsp3) is 0.286. The zero-order valence-electron chi connectivity index (χ0n) is 15.8. The highest BCUT2D eigenvalue weighted by Crippen LogP contribution is 2.25. The second-order valence-electron chi connectivity index (χ2n) is 6.86. The number of carbonyl (C=O) groups is 3. The van der Waals surface area contributed by atoms with Crippen LogP contribution in [-0.4, -0.2) is 54.7 Å². The summed E-state index contributed by atoms with van der Waals surface area (Å²) in [5.41, 5.74) is 1.70. The second kappa shape index (κ2) is 8.54. The summed E-state index contributed by atoms with van der Waals surface area (Å²) >= 11 is 6.28. The highest BCUT2D eigenvalue weighted by atomic mass is 35.5. The molecule has 3 amide bonds. The van der Waals surface area contributed by atoms with Gasteiger partial charge in [0.1, 0.15) is 0 Å². The van der Waals surface area contributed by atoms with E-state index in [9.17, 15) is 14.4 Å². The molecule has 0 spiro atoms. The van der Waals surface area contributed by atoms with Gasteiger partial charge >= 0.3 is 0 Å². The minimum atomic E-state index is -0.351. The van der Waals surface area contributed by atoms with Crippen molar-refractivity contribution in [2.24, 2.45) is 0 Å². The van der Waals surface area contributed by atoms with Crippen molar-refractivity contribution in [3.05, 3.63) is 70.2 Å². The Labute approximate surface area is 169 Å². The van der Waals surface area contributed by atoms with Gasteiger partial charge in [0.05, 0.1) is 17.2 Å². The Balaban J connectivity index is 1.57. The molecule has 2 aromatic rings. The largest absolute Gasteiger partial charge is 0.354 e. The van der Waals surface area contributed by atoms with Crippen molar-refractivity contribution >= 4 is 29.3 Å². The number of imide groups is 1. The number of carbonyl (C=O) groups excluding carboxylic acids is 3. The molecule has 28 heavy (non-hydrogen) atoms. The Morgan fingerprint density at radius 1 is 1.04 bits per heavy atom. The van der Waals surface area contributed by atoms with E-state index in [2.05, 4.69) is 5.32 Å². The Kier molecular flexibility index (Phi) is 6.11. The van der Waals surface area contributed by atoms with E-state index in [-0.39, 0.29) is 36.7 Å². The van der Waals surface area contributed by atoms with E-state index in [1.807, 2.05) is 43.3 Å². The molecule has 3 rings (SSSR count). The molecule has 0 saturated heterocycles. The summed E-state index contributed by atoms with van der Waals surface area (Å²) < 4.78 is 0. The normalized spacial score (nSPS) is 14.4. The molecule has 1 heterocycles. The molecule has 0 saturated carbocycles. The van der Waals surface area contributed by atoms with Crippen molar-refractivity contribution in [3.63, 3.8) is 0 Å². The Morgan fingerprint density at radius 3 is 2.18 bits per heavy atom. The molecular weight excluding hydrogens is 378 g/mol. The van der Waals surface area contributed by atoms with Gasteiger partial charge < -0.3 is 10.2 Å². The third kappa shape index (κ3) is 4.08. The topological polar surface area (TPSA) is 69.7 Å². The summed E-state index contributed by atoms with van der Waals surface area (Å²) in [5, 5.41) is 3.52. The lowest BCUT2D eigenvalue weighted by Gasteiger charge is -2.26. The van der Waals surface area contributed by atoms with Gasteiger partial charge in [0, 0.05) is 24.5 Å². The van der Waals surface area contributed by atoms with Crippen LogP contribution >= 0.6 is 11.6 Å². The van der Waals surface area contributed by atoms with Gasteiger partial charge in [0.15, 0.2) is 0 Å². The van der Waals surface area contributed by atoms with Crippen LogP contribution in [-0.2, 0) is 4.79 Å². The lowest BCUT2D eigenvalue weighted by Crippen LogP contribution is -2.37. The molecular formula is C21H22ClN3O3. The average molecular weight is 400 g/mol. The van der Waals surface area contributed by atoms with Crippen molar-refractivity contribution in [1.82, 2.24) is 15.1 Å². The highest BCUT2D eigenvalue weighted by molar-refractivity contribution is 6.31. The average Bonchev–Trinajstić information content (AvgIpc) is 2.92. The van der Waals surface area contributed by atoms with Gasteiger partial charge in [0.2, 0.25) is 5.91 Å². The van der Waals surface area contributed by atoms with Crippen LogP contribution < -0.4 is 5.32 Å². The van der Waals surface area contributed by atoms with Crippen LogP contribution in [0, 0.1) is 0 Å². The minimum Gasteiger partial charge on any atom is -0.354 e. The number of hydrogen-bond donors (Lipinski definition) is 1. The smallest absolute Gasteiger partial charge is 0.261 e. The predicted octanol–water partition coefficient (Wildman–Crippen LogP) is 2.75. The lowest BCUT2D eigenvalue weighted by molar-refractivity contribution is -0.121. The third-order valence-corrected chi connectivity index (χ3v) is 5.17. The fourth-order valence-corrected chi connectivity index (χ4v) is 3.53. The van der Waals surface area contributed by atoms with Gasteiger partial charge in [-0.05, 0) is 37.9 Å². The van der Waals surface area contributed by atoms with E-state index >= 15 is 0 Å². The summed E-state index contributed by atoms with van der Waals surface area (Å²) in [6.07, 6.45) is 0.0497. The van der Waals surface area contributed by atoms with Gasteiger partial charge in [-0.1, -0.05) is 41.9 Å². The maximum absolute atomic E-state index is 12.3. The van der Waals surface area contributed by atoms with Gasteiger partial charge in [-0.15, -0.1) is 0 Å². The molecule has 0 fully saturated rings. The molecule has 146 valence electrons. The second-order valence-corrected chi connectivity index (χ2v) is 7.27. The van der Waals surface area contributed by atoms with Crippen LogP contribution in [0.2, 0.25) is 5.02 Å². The first-order valence-corrected chi connectivity index (χ1v) is 9.40. The van der Waals surface area contributed by atoms with Gasteiger partial charge in [-0.3, -0.25) is 19.3 Å². The van der Waals surface area contributed by atoms with Crippen LogP contribution in [0.15, 0.2) is 48.5 Å². The lowest BCUT2D eigenvalue weighted by atomic mass is 10.1. The Morgan fingerprint density at radius 2 is 1.61 bits per heavy atom. The Bertz CT molecular complexity index is 878. The zero-order valence-corrected chi connectivity index (χ0v) is 16.6. The van der Waals surface area contributed by atoms with Crippen LogP contribution in [0.1, 0.15) is 38.7 Å². The van der Waals surface area contributed by atoms with E-state index in [1.165, 1.54) is 0 Å². The summed E-state index contributed by atoms with van der Waals surface area (Å²) in [7, 11) is 3.83. The molecule has 0 bridgehead atoms. The summed E-state index contributed by atoms with van der Waals surface area (Å²) in [6.45, 7) is 0.425. The number of benzene rings is 2. The molecule has 2 aromatic carbocycles. The molecule has 1 N–H and O–H groups in total. The number of rotatable bonds is 7. The van der Waals surface area contributed by atoms with Crippen LogP contribution in [0.4, 0.5) is 0 Å². The van der Waals surface area contributed by atoms with E-state index in [0.717, 1.165) is 10.5 Å². The third-order valence-electron chi connectivity index (χ3n) is 4.82. The molecule has 1 unspecified atom stereocenters. The molecule has 1 aliphatic heterocycles.